The van der Waals surface area contributed by atoms with Crippen molar-refractivity contribution in [2.24, 2.45) is 5.73 Å². The van der Waals surface area contributed by atoms with Gasteiger partial charge in [-0.15, -0.1) is 0 Å². The van der Waals surface area contributed by atoms with Crippen molar-refractivity contribution in [2.75, 3.05) is 0 Å². The Kier molecular flexibility index (Phi) is 5.34. The third-order valence-corrected chi connectivity index (χ3v) is 3.52. The van der Waals surface area contributed by atoms with Crippen molar-refractivity contribution in [2.45, 2.75) is 25.4 Å². The average Bonchev–Trinajstić information content (AvgIpc) is 2.61. The Labute approximate surface area is 135 Å². The second kappa shape index (κ2) is 7.43. The Hall–Kier alpha value is -2.84. The monoisotopic (exact) mass is 310 g/mol. The van der Waals surface area contributed by atoms with Crippen molar-refractivity contribution in [3.63, 3.8) is 0 Å². The minimum Gasteiger partial charge on any atom is -0.457 e. The van der Waals surface area contributed by atoms with Crippen LogP contribution in [0.1, 0.15) is 35.2 Å². The van der Waals surface area contributed by atoms with Gasteiger partial charge in [0.25, 0.3) is 0 Å². The van der Waals surface area contributed by atoms with Gasteiger partial charge < -0.3 is 15.6 Å². The van der Waals surface area contributed by atoms with E-state index in [4.69, 9.17) is 15.7 Å². The van der Waals surface area contributed by atoms with Gasteiger partial charge in [-0.05, 0) is 49.1 Å². The number of nitriles is 1. The van der Waals surface area contributed by atoms with Crippen LogP contribution >= 0.6 is 0 Å². The molecule has 0 saturated carbocycles. The maximum Gasteiger partial charge on any atom is 0.250 e. The third-order valence-electron chi connectivity index (χ3n) is 3.52. The van der Waals surface area contributed by atoms with Crippen LogP contribution in [-0.2, 0) is 0 Å². The molecule has 1 aliphatic carbocycles. The highest BCUT2D eigenvalue weighted by Crippen LogP contribution is 2.25. The number of hydrogen-bond donors (Lipinski definition) is 2. The van der Waals surface area contributed by atoms with Gasteiger partial charge in [0.1, 0.15) is 11.5 Å². The Bertz CT molecular complexity index is 726. The average molecular weight is 310 g/mol. The van der Waals surface area contributed by atoms with Crippen molar-refractivity contribution in [1.82, 2.24) is 0 Å². The zero-order chi connectivity index (χ0) is 16.8. The number of nitrogens with zero attached hydrogens (tertiary/aromatic N) is 1. The summed E-state index contributed by atoms with van der Waals surface area (Å²) in [5.41, 5.74) is 6.35. The van der Waals surface area contributed by atoms with Crippen LogP contribution in [0.4, 0.5) is 0 Å². The number of nitrogens with two attached hydrogens (primary N) is 1. The maximum atomic E-state index is 11.4. The Morgan fingerprint density at radius 1 is 1.48 bits per heavy atom. The second-order valence-electron chi connectivity index (χ2n) is 5.28. The largest absolute Gasteiger partial charge is 0.457 e. The van der Waals surface area contributed by atoms with E-state index in [1.54, 1.807) is 18.2 Å². The molecule has 118 valence electrons. The number of amides is 1. The molecule has 5 nitrogen and oxygen atoms in total. The maximum absolute atomic E-state index is 11.4. The highest BCUT2D eigenvalue weighted by atomic mass is 16.5. The molecule has 0 radical (unpaired) electrons. The van der Waals surface area contributed by atoms with E-state index in [1.807, 2.05) is 12.1 Å². The summed E-state index contributed by atoms with van der Waals surface area (Å²) in [6.45, 7) is 3.98. The lowest BCUT2D eigenvalue weighted by Crippen LogP contribution is -2.13. The molecule has 0 bridgehead atoms. The molecule has 0 spiro atoms. The first-order valence-corrected chi connectivity index (χ1v) is 7.26. The van der Waals surface area contributed by atoms with Crippen LogP contribution in [0.5, 0.6) is 5.75 Å². The fourth-order valence-corrected chi connectivity index (χ4v) is 2.21. The number of hydrogen-bond acceptors (Lipinski definition) is 4. The number of ether oxygens (including phenoxy) is 1. The molecule has 0 unspecified atom stereocenters. The van der Waals surface area contributed by atoms with Gasteiger partial charge in [0, 0.05) is 0 Å². The first-order chi connectivity index (χ1) is 11.0. The first kappa shape index (κ1) is 16.5. The van der Waals surface area contributed by atoms with Gasteiger partial charge >= 0.3 is 0 Å². The van der Waals surface area contributed by atoms with Crippen molar-refractivity contribution < 1.29 is 14.6 Å². The molecule has 1 atom stereocenters. The summed E-state index contributed by atoms with van der Waals surface area (Å²) in [5.74, 6) is 0.270. The van der Waals surface area contributed by atoms with Crippen molar-refractivity contribution in [3.8, 4) is 11.8 Å². The molecule has 23 heavy (non-hydrogen) atoms. The number of rotatable bonds is 3. The normalized spacial score (nSPS) is 19.6. The van der Waals surface area contributed by atoms with Gasteiger partial charge in [-0.2, -0.15) is 5.26 Å². The molecule has 2 rings (SSSR count). The van der Waals surface area contributed by atoms with Crippen LogP contribution in [0.3, 0.4) is 0 Å². The summed E-state index contributed by atoms with van der Waals surface area (Å²) in [6.07, 6.45) is 6.82. The molecular weight excluding hydrogens is 292 g/mol. The molecular formula is C18H18N2O3. The summed E-state index contributed by atoms with van der Waals surface area (Å²) in [4.78, 5) is 11.4. The van der Waals surface area contributed by atoms with Crippen LogP contribution in [0.2, 0.25) is 0 Å². The highest BCUT2D eigenvalue weighted by molar-refractivity contribution is 5.95. The number of allylic oxidation sites excluding steroid dienone is 3. The number of benzene rings is 1. The van der Waals surface area contributed by atoms with Gasteiger partial charge in [0.05, 0.1) is 23.3 Å². The summed E-state index contributed by atoms with van der Waals surface area (Å²) in [5, 5.41) is 18.7. The third kappa shape index (κ3) is 4.31. The van der Waals surface area contributed by atoms with Crippen molar-refractivity contribution >= 4 is 5.91 Å². The highest BCUT2D eigenvalue weighted by Gasteiger charge is 2.13. The number of carbonyl (C=O) groups excluding carboxylic acids is 1. The molecule has 0 aromatic heterocycles. The Morgan fingerprint density at radius 2 is 2.26 bits per heavy atom. The number of primary amides is 1. The Balaban J connectivity index is 2.26. The molecule has 0 fully saturated rings. The molecule has 1 aromatic carbocycles. The smallest absolute Gasteiger partial charge is 0.250 e. The van der Waals surface area contributed by atoms with Crippen LogP contribution in [0, 0.1) is 11.3 Å². The predicted octanol–water partition coefficient (Wildman–Crippen LogP) is 2.58. The standard InChI is InChI=1S/C18H18N2O3/c1-12-6-8-14(21)4-2-3-5-17(12)23-15-9-7-13(11-19)16(10-15)18(20)22/h2-3,5,7,9-10,14,21H,1,4,6,8H2,(H2,20,22)/b3-2-,17-5?/t14-/m0/s1. The first-order valence-electron chi connectivity index (χ1n) is 7.26. The minimum atomic E-state index is -0.683. The van der Waals surface area contributed by atoms with Crippen molar-refractivity contribution in [3.05, 3.63) is 65.5 Å². The molecule has 1 amide bonds. The lowest BCUT2D eigenvalue weighted by atomic mass is 10.1. The van der Waals surface area contributed by atoms with E-state index in [-0.39, 0.29) is 11.1 Å². The van der Waals surface area contributed by atoms with E-state index in [1.165, 1.54) is 12.1 Å². The summed E-state index contributed by atoms with van der Waals surface area (Å²) < 4.78 is 5.80. The van der Waals surface area contributed by atoms with Gasteiger partial charge in [-0.25, -0.2) is 0 Å². The number of carbonyl (C=O) groups is 1. The van der Waals surface area contributed by atoms with Gasteiger partial charge in [-0.3, -0.25) is 4.79 Å². The van der Waals surface area contributed by atoms with Gasteiger partial charge in [0.2, 0.25) is 5.91 Å². The van der Waals surface area contributed by atoms with E-state index >= 15 is 0 Å². The molecule has 3 N–H and O–H groups in total. The fourth-order valence-electron chi connectivity index (χ4n) is 2.21. The van der Waals surface area contributed by atoms with E-state index in [0.29, 0.717) is 30.8 Å². The van der Waals surface area contributed by atoms with Crippen LogP contribution in [-0.4, -0.2) is 17.1 Å². The van der Waals surface area contributed by atoms with Gasteiger partial charge in [-0.1, -0.05) is 18.7 Å². The van der Waals surface area contributed by atoms with Crippen LogP contribution in [0.15, 0.2) is 54.3 Å². The number of aliphatic hydroxyl groups excluding tert-OH is 1. The molecule has 1 aliphatic rings. The molecule has 0 aliphatic heterocycles. The van der Waals surface area contributed by atoms with Crippen LogP contribution < -0.4 is 10.5 Å². The lowest BCUT2D eigenvalue weighted by molar-refractivity contribution is 0.0999. The Morgan fingerprint density at radius 3 is 2.96 bits per heavy atom. The SMILES string of the molecule is C=C1CC[C@@H](O)C/C=C\C=C1Oc1ccc(C#N)c(C(N)=O)c1. The summed E-state index contributed by atoms with van der Waals surface area (Å²) in [7, 11) is 0. The zero-order valence-corrected chi connectivity index (χ0v) is 12.7. The molecule has 5 heteroatoms. The lowest BCUT2D eigenvalue weighted by Gasteiger charge is -2.14. The predicted molar refractivity (Wildman–Crippen MR) is 86.5 cm³/mol. The molecule has 0 heterocycles. The number of aliphatic hydroxyl groups is 1. The zero-order valence-electron chi connectivity index (χ0n) is 12.7. The van der Waals surface area contributed by atoms with E-state index in [9.17, 15) is 9.90 Å². The quantitative estimate of drug-likeness (QED) is 0.896. The van der Waals surface area contributed by atoms with E-state index in [0.717, 1.165) is 5.57 Å². The van der Waals surface area contributed by atoms with E-state index in [2.05, 4.69) is 6.58 Å². The summed E-state index contributed by atoms with van der Waals surface area (Å²) in [6, 6.07) is 6.46. The second-order valence-corrected chi connectivity index (χ2v) is 5.28. The van der Waals surface area contributed by atoms with Gasteiger partial charge in [0.15, 0.2) is 0 Å². The summed E-state index contributed by atoms with van der Waals surface area (Å²) >= 11 is 0. The fraction of sp³-hybridized carbons (Fsp3) is 0.222. The van der Waals surface area contributed by atoms with Crippen LogP contribution in [0.25, 0.3) is 0 Å². The minimum absolute atomic E-state index is 0.116. The van der Waals surface area contributed by atoms with Crippen molar-refractivity contribution in [1.29, 1.82) is 5.26 Å². The van der Waals surface area contributed by atoms with E-state index < -0.39 is 12.0 Å². The molecule has 1 aromatic rings. The molecule has 0 saturated heterocycles. The topological polar surface area (TPSA) is 96.3 Å².